The number of hydrogen-bond donors (Lipinski definition) is 4. The summed E-state index contributed by atoms with van der Waals surface area (Å²) in [5.74, 6) is -0.388. The number of nitrogens with one attached hydrogen (secondary N) is 1. The van der Waals surface area contributed by atoms with E-state index < -0.39 is 35.3 Å². The van der Waals surface area contributed by atoms with Gasteiger partial charge in [-0.05, 0) is 49.8 Å². The first-order valence-corrected chi connectivity index (χ1v) is 14.2. The topological polar surface area (TPSA) is 134 Å². The van der Waals surface area contributed by atoms with Crippen molar-refractivity contribution >= 4 is 28.6 Å². The number of carbonyl (C=O) groups is 1. The molecular weight excluding hydrogens is 525 g/mol. The van der Waals surface area contributed by atoms with Crippen molar-refractivity contribution in [3.05, 3.63) is 56.1 Å². The molecule has 5 heterocycles. The molecule has 204 valence electrons. The zero-order chi connectivity index (χ0) is 27.4. The summed E-state index contributed by atoms with van der Waals surface area (Å²) in [6.45, 7) is 3.45. The molecule has 1 saturated carbocycles. The van der Waals surface area contributed by atoms with Crippen molar-refractivity contribution in [3.63, 3.8) is 0 Å². The predicted octanol–water partition coefficient (Wildman–Crippen LogP) is 2.50. The molecule has 9 nitrogen and oxygen atoms in total. The molecule has 1 unspecified atom stereocenters. The monoisotopic (exact) mass is 553 g/mol. The SMILES string of the molecule is CC[C@]1(O)c2cc3n(c(=O)c2COC1O)Cc1c-3nc2cc(F)c(C)c3c2c1[C@@H](NC(=O)C1(O)CCC1)CS3. The van der Waals surface area contributed by atoms with Crippen LogP contribution in [0.3, 0.4) is 0 Å². The summed E-state index contributed by atoms with van der Waals surface area (Å²) < 4.78 is 21.9. The number of aliphatic hydroxyl groups excluding tert-OH is 1. The van der Waals surface area contributed by atoms with Gasteiger partial charge in [0.05, 0.1) is 36.1 Å². The van der Waals surface area contributed by atoms with E-state index in [4.69, 9.17) is 9.72 Å². The van der Waals surface area contributed by atoms with Gasteiger partial charge in [-0.1, -0.05) is 6.92 Å². The summed E-state index contributed by atoms with van der Waals surface area (Å²) in [7, 11) is 0. The Morgan fingerprint density at radius 1 is 1.31 bits per heavy atom. The highest BCUT2D eigenvalue weighted by Gasteiger charge is 2.46. The lowest BCUT2D eigenvalue weighted by molar-refractivity contribution is -0.236. The van der Waals surface area contributed by atoms with Crippen molar-refractivity contribution < 1.29 is 29.2 Å². The number of benzene rings is 1. The minimum absolute atomic E-state index is 0.120. The van der Waals surface area contributed by atoms with E-state index in [-0.39, 0.29) is 30.7 Å². The van der Waals surface area contributed by atoms with Gasteiger partial charge in [-0.2, -0.15) is 0 Å². The van der Waals surface area contributed by atoms with Gasteiger partial charge in [0.1, 0.15) is 17.0 Å². The lowest BCUT2D eigenvalue weighted by Gasteiger charge is -2.37. The molecule has 0 radical (unpaired) electrons. The largest absolute Gasteiger partial charge is 0.380 e. The second-order valence-electron chi connectivity index (χ2n) is 11.0. The number of carbonyl (C=O) groups excluding carboxylic acids is 1. The highest BCUT2D eigenvalue weighted by atomic mass is 32.2. The van der Waals surface area contributed by atoms with E-state index in [1.165, 1.54) is 17.8 Å². The van der Waals surface area contributed by atoms with Crippen molar-refractivity contribution in [1.82, 2.24) is 14.9 Å². The van der Waals surface area contributed by atoms with Crippen LogP contribution in [0.25, 0.3) is 22.3 Å². The van der Waals surface area contributed by atoms with E-state index >= 15 is 4.39 Å². The van der Waals surface area contributed by atoms with Crippen LogP contribution in [0.15, 0.2) is 21.8 Å². The number of thioether (sulfide) groups is 1. The van der Waals surface area contributed by atoms with Gasteiger partial charge in [-0.25, -0.2) is 9.37 Å². The summed E-state index contributed by atoms with van der Waals surface area (Å²) in [5.41, 5.74) is 0.406. The quantitative estimate of drug-likeness (QED) is 0.304. The molecule has 1 fully saturated rings. The molecule has 11 heteroatoms. The van der Waals surface area contributed by atoms with E-state index in [9.17, 15) is 24.9 Å². The number of aromatic nitrogens is 2. The first-order valence-electron chi connectivity index (χ1n) is 13.2. The van der Waals surface area contributed by atoms with Gasteiger partial charge < -0.3 is 29.9 Å². The Balaban J connectivity index is 1.47. The average molecular weight is 554 g/mol. The molecule has 0 bridgehead atoms. The fourth-order valence-corrected chi connectivity index (χ4v) is 7.64. The first-order chi connectivity index (χ1) is 18.6. The predicted molar refractivity (Wildman–Crippen MR) is 141 cm³/mol. The van der Waals surface area contributed by atoms with Crippen LogP contribution in [0.5, 0.6) is 0 Å². The molecule has 1 amide bonds. The molecule has 4 aliphatic rings. The molecular formula is C28H28FN3O6S. The van der Waals surface area contributed by atoms with Gasteiger partial charge in [0.2, 0.25) is 0 Å². The van der Waals surface area contributed by atoms with Crippen molar-refractivity contribution in [3.8, 4) is 11.4 Å². The molecule has 2 aromatic heterocycles. The Kier molecular flexibility index (Phi) is 5.38. The Morgan fingerprint density at radius 3 is 2.77 bits per heavy atom. The zero-order valence-corrected chi connectivity index (χ0v) is 22.3. The fraction of sp³-hybridized carbons (Fsp3) is 0.464. The second-order valence-corrected chi connectivity index (χ2v) is 12.1. The molecule has 4 N–H and O–H groups in total. The van der Waals surface area contributed by atoms with Crippen molar-refractivity contribution in [2.75, 3.05) is 5.75 Å². The van der Waals surface area contributed by atoms with Crippen LogP contribution in [0.1, 0.15) is 66.5 Å². The minimum Gasteiger partial charge on any atom is -0.380 e. The molecule has 0 spiro atoms. The number of aliphatic hydroxyl groups is 3. The maximum absolute atomic E-state index is 15.0. The van der Waals surface area contributed by atoms with Crippen LogP contribution in [-0.4, -0.2) is 48.4 Å². The Labute approximate surface area is 227 Å². The van der Waals surface area contributed by atoms with Crippen LogP contribution < -0.4 is 10.9 Å². The normalized spacial score (nSPS) is 26.0. The maximum Gasteiger partial charge on any atom is 0.257 e. The van der Waals surface area contributed by atoms with Crippen molar-refractivity contribution in [2.24, 2.45) is 0 Å². The lowest BCUT2D eigenvalue weighted by Crippen LogP contribution is -2.53. The van der Waals surface area contributed by atoms with Gasteiger partial charge in [-0.3, -0.25) is 9.59 Å². The van der Waals surface area contributed by atoms with Crippen LogP contribution in [0.2, 0.25) is 0 Å². The van der Waals surface area contributed by atoms with Gasteiger partial charge in [-0.15, -0.1) is 11.8 Å². The third-order valence-electron chi connectivity index (χ3n) is 8.97. The maximum atomic E-state index is 15.0. The third-order valence-corrected chi connectivity index (χ3v) is 10.3. The number of fused-ring (bicyclic) bond motifs is 5. The molecule has 3 aliphatic heterocycles. The molecule has 1 aromatic carbocycles. The third kappa shape index (κ3) is 3.31. The van der Waals surface area contributed by atoms with Crippen LogP contribution in [-0.2, 0) is 28.3 Å². The summed E-state index contributed by atoms with van der Waals surface area (Å²) in [6.07, 6.45) is 0.229. The number of rotatable bonds is 3. The highest BCUT2D eigenvalue weighted by Crippen LogP contribution is 2.49. The van der Waals surface area contributed by atoms with Gasteiger partial charge in [0.15, 0.2) is 6.29 Å². The molecule has 0 saturated heterocycles. The number of amides is 1. The van der Waals surface area contributed by atoms with Gasteiger partial charge >= 0.3 is 0 Å². The van der Waals surface area contributed by atoms with Crippen LogP contribution in [0.4, 0.5) is 4.39 Å². The second kappa shape index (κ2) is 8.34. The number of hydrogen-bond acceptors (Lipinski definition) is 8. The molecule has 1 aliphatic carbocycles. The average Bonchev–Trinajstić information content (AvgIpc) is 3.27. The molecule has 39 heavy (non-hydrogen) atoms. The molecule has 3 atom stereocenters. The Hall–Kier alpha value is -2.83. The van der Waals surface area contributed by atoms with Crippen molar-refractivity contribution in [2.45, 2.75) is 81.1 Å². The van der Waals surface area contributed by atoms with Gasteiger partial charge in [0.25, 0.3) is 11.5 Å². The highest BCUT2D eigenvalue weighted by molar-refractivity contribution is 7.99. The van der Waals surface area contributed by atoms with Crippen LogP contribution >= 0.6 is 11.8 Å². The van der Waals surface area contributed by atoms with E-state index in [1.807, 2.05) is 0 Å². The number of nitrogens with zero attached hydrogens (tertiary/aromatic N) is 2. The summed E-state index contributed by atoms with van der Waals surface area (Å²) in [5, 5.41) is 36.2. The summed E-state index contributed by atoms with van der Waals surface area (Å²) in [6, 6.07) is 2.57. The summed E-state index contributed by atoms with van der Waals surface area (Å²) >= 11 is 1.44. The molecule has 3 aromatic rings. The standard InChI is InChI=1S/C28H28FN3O6S/c1-3-28(37)15-7-19-22-13(9-32(19)24(33)14(15)10-38-26(28)35)20-18(31-25(34)27(36)5-4-6-27)11-39-23-12(2)16(29)8-17(30-22)21(20)23/h7-8,18,26,35-37H,3-6,9-11H2,1-2H3,(H,31,34)/t18-,26?,28-/m0/s1. The number of ether oxygens (including phenoxy) is 1. The number of pyridine rings is 2. The Morgan fingerprint density at radius 2 is 2.08 bits per heavy atom. The van der Waals surface area contributed by atoms with E-state index in [0.29, 0.717) is 46.6 Å². The van der Waals surface area contributed by atoms with Crippen molar-refractivity contribution in [1.29, 1.82) is 0 Å². The summed E-state index contributed by atoms with van der Waals surface area (Å²) in [4.78, 5) is 32.4. The van der Waals surface area contributed by atoms with E-state index in [2.05, 4.69) is 5.32 Å². The lowest BCUT2D eigenvalue weighted by atomic mass is 9.79. The van der Waals surface area contributed by atoms with Gasteiger partial charge in [0, 0.05) is 38.8 Å². The van der Waals surface area contributed by atoms with E-state index in [0.717, 1.165) is 27.8 Å². The fourth-order valence-electron chi connectivity index (χ4n) is 6.38. The smallest absolute Gasteiger partial charge is 0.257 e. The zero-order valence-electron chi connectivity index (χ0n) is 21.5. The number of halogens is 1. The first kappa shape index (κ1) is 25.2. The Bertz CT molecular complexity index is 1670. The minimum atomic E-state index is -1.77. The molecule has 7 rings (SSSR count). The van der Waals surface area contributed by atoms with E-state index in [1.54, 1.807) is 24.5 Å². The van der Waals surface area contributed by atoms with Crippen LogP contribution in [0, 0.1) is 12.7 Å².